The fraction of sp³-hybridized carbons (Fsp3) is 0.667. The summed E-state index contributed by atoms with van der Waals surface area (Å²) in [6.07, 6.45) is 2.06. The van der Waals surface area contributed by atoms with Gasteiger partial charge in [0, 0.05) is 24.7 Å². The normalized spacial score (nSPS) is 35.4. The molecule has 6 heteroatoms. The Labute approximate surface area is 140 Å². The quantitative estimate of drug-likeness (QED) is 0.403. The SMILES string of the molecule is C=C(C)C(=O)CCCCC(=O)OC1C2CC3C1OC(=O)C3(C#N)C2. The average Bonchev–Trinajstić information content (AvgIpc) is 3.13. The van der Waals surface area contributed by atoms with E-state index in [1.54, 1.807) is 6.92 Å². The number of ketones is 1. The molecule has 5 unspecified atom stereocenters. The summed E-state index contributed by atoms with van der Waals surface area (Å²) in [4.78, 5) is 35.5. The van der Waals surface area contributed by atoms with Gasteiger partial charge in [-0.1, -0.05) is 6.58 Å². The molecule has 3 fully saturated rings. The number of Topliss-reactive ketones (excluding diaryl/α,β-unsaturated/α-hetero) is 1. The largest absolute Gasteiger partial charge is 0.458 e. The minimum atomic E-state index is -1.01. The molecule has 2 saturated carbocycles. The third-order valence-corrected chi connectivity index (χ3v) is 5.54. The Balaban J connectivity index is 1.48. The number of nitriles is 1. The van der Waals surface area contributed by atoms with E-state index in [2.05, 4.69) is 12.6 Å². The first-order valence-electron chi connectivity index (χ1n) is 8.39. The van der Waals surface area contributed by atoms with Gasteiger partial charge in [0.15, 0.2) is 11.2 Å². The number of rotatable bonds is 7. The summed E-state index contributed by atoms with van der Waals surface area (Å²) in [5.74, 6) is -0.895. The third kappa shape index (κ3) is 2.52. The van der Waals surface area contributed by atoms with Gasteiger partial charge in [0.25, 0.3) is 0 Å². The molecule has 0 aromatic carbocycles. The van der Waals surface area contributed by atoms with Crippen LogP contribution in [0.2, 0.25) is 0 Å². The number of hydrogen-bond acceptors (Lipinski definition) is 6. The minimum Gasteiger partial charge on any atom is -0.458 e. The van der Waals surface area contributed by atoms with E-state index < -0.39 is 23.6 Å². The van der Waals surface area contributed by atoms with E-state index in [9.17, 15) is 19.6 Å². The lowest BCUT2D eigenvalue weighted by Gasteiger charge is -2.27. The molecule has 0 N–H and O–H groups in total. The van der Waals surface area contributed by atoms with Gasteiger partial charge in [-0.05, 0) is 38.2 Å². The summed E-state index contributed by atoms with van der Waals surface area (Å²) in [6, 6.07) is 2.13. The van der Waals surface area contributed by atoms with Crippen molar-refractivity contribution in [3.05, 3.63) is 12.2 Å². The lowest BCUT2D eigenvalue weighted by Crippen LogP contribution is -2.39. The van der Waals surface area contributed by atoms with Crippen molar-refractivity contribution in [1.29, 1.82) is 5.26 Å². The Kier molecular flexibility index (Phi) is 4.20. The van der Waals surface area contributed by atoms with Gasteiger partial charge >= 0.3 is 11.9 Å². The van der Waals surface area contributed by atoms with Gasteiger partial charge in [0.05, 0.1) is 6.07 Å². The molecule has 2 aliphatic carbocycles. The Bertz CT molecular complexity index is 648. The van der Waals surface area contributed by atoms with Crippen LogP contribution in [0, 0.1) is 28.6 Å². The third-order valence-electron chi connectivity index (χ3n) is 5.54. The first-order chi connectivity index (χ1) is 11.4. The highest BCUT2D eigenvalue weighted by molar-refractivity contribution is 5.94. The second-order valence-electron chi connectivity index (χ2n) is 7.12. The van der Waals surface area contributed by atoms with Gasteiger partial charge in [0.1, 0.15) is 12.2 Å². The molecule has 1 saturated heterocycles. The second kappa shape index (κ2) is 6.04. The highest BCUT2D eigenvalue weighted by Gasteiger charge is 2.72. The summed E-state index contributed by atoms with van der Waals surface area (Å²) >= 11 is 0. The number of allylic oxidation sites excluding steroid dienone is 1. The van der Waals surface area contributed by atoms with Crippen molar-refractivity contribution < 1.29 is 23.9 Å². The summed E-state index contributed by atoms with van der Waals surface area (Å²) in [5.41, 5.74) is -0.482. The Morgan fingerprint density at radius 1 is 1.42 bits per heavy atom. The minimum absolute atomic E-state index is 0.0159. The molecular formula is C18H21NO5. The van der Waals surface area contributed by atoms with Crippen LogP contribution in [0.15, 0.2) is 12.2 Å². The van der Waals surface area contributed by atoms with Crippen LogP contribution in [0.3, 0.4) is 0 Å². The molecule has 5 atom stereocenters. The zero-order valence-corrected chi connectivity index (χ0v) is 13.7. The molecule has 24 heavy (non-hydrogen) atoms. The zero-order valence-electron chi connectivity index (χ0n) is 13.7. The molecule has 3 rings (SSSR count). The highest BCUT2D eigenvalue weighted by Crippen LogP contribution is 2.62. The predicted molar refractivity (Wildman–Crippen MR) is 82.3 cm³/mol. The Morgan fingerprint density at radius 3 is 2.79 bits per heavy atom. The van der Waals surface area contributed by atoms with Crippen molar-refractivity contribution in [3.63, 3.8) is 0 Å². The predicted octanol–water partition coefficient (Wildman–Crippen LogP) is 2.08. The van der Waals surface area contributed by atoms with E-state index in [0.717, 1.165) is 0 Å². The van der Waals surface area contributed by atoms with Crippen LogP contribution >= 0.6 is 0 Å². The van der Waals surface area contributed by atoms with Gasteiger partial charge in [0.2, 0.25) is 0 Å². The van der Waals surface area contributed by atoms with Crippen molar-refractivity contribution >= 4 is 17.7 Å². The molecule has 1 heterocycles. The Morgan fingerprint density at radius 2 is 2.12 bits per heavy atom. The van der Waals surface area contributed by atoms with E-state index >= 15 is 0 Å². The number of nitrogens with zero attached hydrogens (tertiary/aromatic N) is 1. The summed E-state index contributed by atoms with van der Waals surface area (Å²) in [7, 11) is 0. The van der Waals surface area contributed by atoms with Crippen molar-refractivity contribution in [2.45, 2.75) is 57.7 Å². The van der Waals surface area contributed by atoms with Gasteiger partial charge in [-0.2, -0.15) is 5.26 Å². The van der Waals surface area contributed by atoms with Crippen molar-refractivity contribution in [1.82, 2.24) is 0 Å². The maximum absolute atomic E-state index is 12.0. The van der Waals surface area contributed by atoms with Crippen molar-refractivity contribution in [3.8, 4) is 6.07 Å². The molecule has 6 nitrogen and oxygen atoms in total. The zero-order chi connectivity index (χ0) is 17.5. The monoisotopic (exact) mass is 331 g/mol. The van der Waals surface area contributed by atoms with Crippen LogP contribution in [0.1, 0.15) is 45.4 Å². The summed E-state index contributed by atoms with van der Waals surface area (Å²) < 4.78 is 10.9. The maximum Gasteiger partial charge on any atom is 0.327 e. The molecule has 0 aromatic heterocycles. The van der Waals surface area contributed by atoms with E-state index in [0.29, 0.717) is 37.7 Å². The topological polar surface area (TPSA) is 93.5 Å². The number of unbranched alkanes of at least 4 members (excludes halogenated alkanes) is 1. The van der Waals surface area contributed by atoms with Gasteiger partial charge < -0.3 is 9.47 Å². The highest BCUT2D eigenvalue weighted by atomic mass is 16.6. The van der Waals surface area contributed by atoms with Crippen LogP contribution in [0.25, 0.3) is 0 Å². The van der Waals surface area contributed by atoms with E-state index in [4.69, 9.17) is 9.47 Å². The number of fused-ring (bicyclic) bond motifs is 1. The van der Waals surface area contributed by atoms with Crippen molar-refractivity contribution in [2.24, 2.45) is 17.3 Å². The fourth-order valence-corrected chi connectivity index (χ4v) is 4.27. The van der Waals surface area contributed by atoms with E-state index in [1.165, 1.54) is 0 Å². The standard InChI is InChI=1S/C18H21NO5/c1-10(2)13(20)5-3-4-6-14(21)23-15-11-7-12-16(15)24-17(22)18(12,8-11)9-19/h11-12,15-16H,1,3-8H2,2H3. The Hall–Kier alpha value is -2.16. The van der Waals surface area contributed by atoms with Crippen LogP contribution in [0.4, 0.5) is 0 Å². The van der Waals surface area contributed by atoms with Crippen LogP contribution < -0.4 is 0 Å². The number of hydrogen-bond donors (Lipinski definition) is 0. The van der Waals surface area contributed by atoms with Crippen LogP contribution in [-0.2, 0) is 23.9 Å². The van der Waals surface area contributed by atoms with Crippen LogP contribution in [0.5, 0.6) is 0 Å². The molecule has 128 valence electrons. The van der Waals surface area contributed by atoms with Gasteiger partial charge in [-0.3, -0.25) is 14.4 Å². The molecule has 0 spiro atoms. The van der Waals surface area contributed by atoms with E-state index in [-0.39, 0.29) is 30.0 Å². The molecule has 0 amide bonds. The lowest BCUT2D eigenvalue weighted by molar-refractivity contribution is -0.161. The molecule has 1 aliphatic heterocycles. The molecule has 0 aromatic rings. The number of carbonyl (C=O) groups is 3. The molecular weight excluding hydrogens is 310 g/mol. The number of esters is 2. The first-order valence-corrected chi connectivity index (χ1v) is 8.39. The summed E-state index contributed by atoms with van der Waals surface area (Å²) in [5, 5.41) is 9.34. The molecule has 3 aliphatic rings. The second-order valence-corrected chi connectivity index (χ2v) is 7.12. The van der Waals surface area contributed by atoms with Crippen molar-refractivity contribution in [2.75, 3.05) is 0 Å². The average molecular weight is 331 g/mol. The van der Waals surface area contributed by atoms with Gasteiger partial charge in [-0.25, -0.2) is 0 Å². The number of ether oxygens (including phenoxy) is 2. The molecule has 2 bridgehead atoms. The van der Waals surface area contributed by atoms with Crippen LogP contribution in [-0.4, -0.2) is 29.9 Å². The maximum atomic E-state index is 12.0. The number of carbonyl (C=O) groups excluding carboxylic acids is 3. The smallest absolute Gasteiger partial charge is 0.327 e. The van der Waals surface area contributed by atoms with E-state index in [1.807, 2.05) is 0 Å². The van der Waals surface area contributed by atoms with Gasteiger partial charge in [-0.15, -0.1) is 0 Å². The summed E-state index contributed by atoms with van der Waals surface area (Å²) in [6.45, 7) is 5.27. The first kappa shape index (κ1) is 16.7. The molecule has 0 radical (unpaired) electrons. The fourth-order valence-electron chi connectivity index (χ4n) is 4.27. The lowest BCUT2D eigenvalue weighted by atomic mass is 9.75.